The Labute approximate surface area is 143 Å². The zero-order valence-corrected chi connectivity index (χ0v) is 14.3. The van der Waals surface area contributed by atoms with Gasteiger partial charge in [0, 0.05) is 5.69 Å². The van der Waals surface area contributed by atoms with Crippen molar-refractivity contribution in [2.45, 2.75) is 26.9 Å². The summed E-state index contributed by atoms with van der Waals surface area (Å²) in [4.78, 5) is 12.3. The minimum absolute atomic E-state index is 0.199. The first-order chi connectivity index (χ1) is 11.5. The summed E-state index contributed by atoms with van der Waals surface area (Å²) in [7, 11) is 0. The van der Waals surface area contributed by atoms with E-state index in [-0.39, 0.29) is 5.91 Å². The van der Waals surface area contributed by atoms with Gasteiger partial charge in [0.2, 0.25) is 0 Å². The van der Waals surface area contributed by atoms with Gasteiger partial charge in [-0.2, -0.15) is 0 Å². The second kappa shape index (κ2) is 8.20. The van der Waals surface area contributed by atoms with Crippen molar-refractivity contribution >= 4 is 11.6 Å². The predicted octanol–water partition coefficient (Wildman–Crippen LogP) is 4.27. The number of amides is 1. The Morgan fingerprint density at radius 2 is 1.92 bits per heavy atom. The summed E-state index contributed by atoms with van der Waals surface area (Å²) in [6.45, 7) is 9.78. The molecule has 2 aromatic rings. The molecule has 0 radical (unpaired) electrons. The Morgan fingerprint density at radius 3 is 2.54 bits per heavy atom. The number of rotatable bonds is 7. The van der Waals surface area contributed by atoms with Crippen LogP contribution in [0.1, 0.15) is 18.1 Å². The number of ether oxygens (including phenoxy) is 2. The lowest BCUT2D eigenvalue weighted by atomic mass is 10.1. The van der Waals surface area contributed by atoms with Gasteiger partial charge in [0.15, 0.2) is 6.10 Å². The number of anilines is 1. The molecule has 0 heterocycles. The quantitative estimate of drug-likeness (QED) is 0.773. The lowest BCUT2D eigenvalue weighted by molar-refractivity contribution is -0.122. The maximum absolute atomic E-state index is 12.3. The zero-order valence-electron chi connectivity index (χ0n) is 14.3. The van der Waals surface area contributed by atoms with Crippen LogP contribution in [0.25, 0.3) is 0 Å². The van der Waals surface area contributed by atoms with Crippen LogP contribution in [0.5, 0.6) is 11.5 Å². The molecule has 4 heteroatoms. The highest BCUT2D eigenvalue weighted by Crippen LogP contribution is 2.21. The Kier molecular flexibility index (Phi) is 6.01. The molecule has 0 bridgehead atoms. The van der Waals surface area contributed by atoms with Crippen LogP contribution in [0.15, 0.2) is 55.1 Å². The lowest BCUT2D eigenvalue weighted by Crippen LogP contribution is -2.30. The molecule has 0 aliphatic rings. The van der Waals surface area contributed by atoms with Gasteiger partial charge in [-0.15, -0.1) is 0 Å². The molecule has 0 unspecified atom stereocenters. The third kappa shape index (κ3) is 4.88. The second-order valence-electron chi connectivity index (χ2n) is 5.64. The van der Waals surface area contributed by atoms with Crippen LogP contribution in [0, 0.1) is 13.8 Å². The molecule has 0 aromatic heterocycles. The van der Waals surface area contributed by atoms with Crippen molar-refractivity contribution in [2.75, 3.05) is 11.9 Å². The topological polar surface area (TPSA) is 47.6 Å². The first-order valence-electron chi connectivity index (χ1n) is 7.88. The van der Waals surface area contributed by atoms with Crippen LogP contribution in [0.4, 0.5) is 5.69 Å². The van der Waals surface area contributed by atoms with Crippen molar-refractivity contribution in [2.24, 2.45) is 0 Å². The van der Waals surface area contributed by atoms with Gasteiger partial charge in [-0.25, -0.2) is 0 Å². The van der Waals surface area contributed by atoms with E-state index in [1.165, 1.54) is 0 Å². The normalized spacial score (nSPS) is 11.5. The van der Waals surface area contributed by atoms with Crippen molar-refractivity contribution in [3.05, 3.63) is 66.2 Å². The number of aryl methyl sites for hydroxylation is 2. The zero-order chi connectivity index (χ0) is 17.5. The molecule has 0 saturated carbocycles. The molecule has 24 heavy (non-hydrogen) atoms. The van der Waals surface area contributed by atoms with Gasteiger partial charge in [0.25, 0.3) is 5.91 Å². The van der Waals surface area contributed by atoms with Crippen molar-refractivity contribution < 1.29 is 14.3 Å². The Balaban J connectivity index is 1.94. The summed E-state index contributed by atoms with van der Waals surface area (Å²) in [5.41, 5.74) is 2.87. The number of hydrogen-bond donors (Lipinski definition) is 1. The standard InChI is InChI=1S/C20H23NO3/c1-5-12-23-18-9-7-17(8-10-18)21-20(22)16(4)24-19-11-6-14(2)13-15(19)3/h5-11,13,16H,1,12H2,2-4H3,(H,21,22)/t16-/m0/s1. The molecule has 126 valence electrons. The van der Waals surface area contributed by atoms with Gasteiger partial charge in [0.05, 0.1) is 0 Å². The Morgan fingerprint density at radius 1 is 1.21 bits per heavy atom. The van der Waals surface area contributed by atoms with Crippen LogP contribution in [-0.4, -0.2) is 18.6 Å². The smallest absolute Gasteiger partial charge is 0.265 e. The van der Waals surface area contributed by atoms with Crippen LogP contribution < -0.4 is 14.8 Å². The molecule has 0 spiro atoms. The summed E-state index contributed by atoms with van der Waals surface area (Å²) >= 11 is 0. The van der Waals surface area contributed by atoms with Crippen LogP contribution in [-0.2, 0) is 4.79 Å². The summed E-state index contributed by atoms with van der Waals surface area (Å²) in [5, 5.41) is 2.84. The Bertz CT molecular complexity index is 707. The molecule has 0 aliphatic heterocycles. The van der Waals surface area contributed by atoms with Gasteiger partial charge in [-0.05, 0) is 56.7 Å². The van der Waals surface area contributed by atoms with Crippen molar-refractivity contribution in [1.82, 2.24) is 0 Å². The van der Waals surface area contributed by atoms with E-state index >= 15 is 0 Å². The number of hydrogen-bond acceptors (Lipinski definition) is 3. The molecule has 1 N–H and O–H groups in total. The van der Waals surface area contributed by atoms with Crippen molar-refractivity contribution in [3.63, 3.8) is 0 Å². The van der Waals surface area contributed by atoms with Gasteiger partial charge in [-0.1, -0.05) is 30.4 Å². The molecular formula is C20H23NO3. The molecule has 4 nitrogen and oxygen atoms in total. The SMILES string of the molecule is C=CCOc1ccc(NC(=O)[C@H](C)Oc2ccc(C)cc2C)cc1. The summed E-state index contributed by atoms with van der Waals surface area (Å²) in [6.07, 6.45) is 1.09. The van der Waals surface area contributed by atoms with Crippen molar-refractivity contribution in [3.8, 4) is 11.5 Å². The number of nitrogens with one attached hydrogen (secondary N) is 1. The molecule has 1 atom stereocenters. The van der Waals surface area contributed by atoms with Gasteiger partial charge in [0.1, 0.15) is 18.1 Å². The van der Waals surface area contributed by atoms with Crippen molar-refractivity contribution in [1.29, 1.82) is 0 Å². The van der Waals surface area contributed by atoms with Gasteiger partial charge in [-0.3, -0.25) is 4.79 Å². The van der Waals surface area contributed by atoms with E-state index in [9.17, 15) is 4.79 Å². The fourth-order valence-corrected chi connectivity index (χ4v) is 2.21. The third-order valence-electron chi connectivity index (χ3n) is 3.49. The van der Waals surface area contributed by atoms with E-state index in [1.54, 1.807) is 37.3 Å². The van der Waals surface area contributed by atoms with Crippen LogP contribution >= 0.6 is 0 Å². The van der Waals surface area contributed by atoms with E-state index in [2.05, 4.69) is 11.9 Å². The van der Waals surface area contributed by atoms with Crippen LogP contribution in [0.3, 0.4) is 0 Å². The highest BCUT2D eigenvalue weighted by atomic mass is 16.5. The van der Waals surface area contributed by atoms with E-state index in [1.807, 2.05) is 32.0 Å². The van der Waals surface area contributed by atoms with Crippen LogP contribution in [0.2, 0.25) is 0 Å². The fourth-order valence-electron chi connectivity index (χ4n) is 2.21. The number of carbonyl (C=O) groups is 1. The minimum atomic E-state index is -0.594. The number of benzene rings is 2. The van der Waals surface area contributed by atoms with Gasteiger partial charge < -0.3 is 14.8 Å². The molecular weight excluding hydrogens is 302 g/mol. The van der Waals surface area contributed by atoms with E-state index < -0.39 is 6.10 Å². The lowest BCUT2D eigenvalue weighted by Gasteiger charge is -2.16. The van der Waals surface area contributed by atoms with E-state index in [0.29, 0.717) is 12.3 Å². The average molecular weight is 325 g/mol. The maximum Gasteiger partial charge on any atom is 0.265 e. The molecule has 2 rings (SSSR count). The van der Waals surface area contributed by atoms with Gasteiger partial charge >= 0.3 is 0 Å². The van der Waals surface area contributed by atoms with E-state index in [0.717, 1.165) is 22.6 Å². The monoisotopic (exact) mass is 325 g/mol. The Hall–Kier alpha value is -2.75. The first kappa shape index (κ1) is 17.6. The summed E-state index contributed by atoms with van der Waals surface area (Å²) < 4.78 is 11.2. The average Bonchev–Trinajstić information content (AvgIpc) is 2.56. The summed E-state index contributed by atoms with van der Waals surface area (Å²) in [6, 6.07) is 13.1. The largest absolute Gasteiger partial charge is 0.490 e. The predicted molar refractivity (Wildman–Crippen MR) is 96.8 cm³/mol. The first-order valence-corrected chi connectivity index (χ1v) is 7.88. The van der Waals surface area contributed by atoms with E-state index in [4.69, 9.17) is 9.47 Å². The minimum Gasteiger partial charge on any atom is -0.490 e. The maximum atomic E-state index is 12.3. The molecule has 0 aliphatic carbocycles. The molecule has 0 saturated heterocycles. The molecule has 0 fully saturated rings. The summed E-state index contributed by atoms with van der Waals surface area (Å²) in [5.74, 6) is 1.25. The molecule has 1 amide bonds. The highest BCUT2D eigenvalue weighted by molar-refractivity contribution is 5.94. The number of carbonyl (C=O) groups excluding carboxylic acids is 1. The second-order valence-corrected chi connectivity index (χ2v) is 5.64. The third-order valence-corrected chi connectivity index (χ3v) is 3.49. The highest BCUT2D eigenvalue weighted by Gasteiger charge is 2.16. The molecule has 2 aromatic carbocycles. The fraction of sp³-hybridized carbons (Fsp3) is 0.250.